The van der Waals surface area contributed by atoms with E-state index in [1.165, 1.54) is 0 Å². The van der Waals surface area contributed by atoms with Gasteiger partial charge >= 0.3 is 0 Å². The molecule has 28 heavy (non-hydrogen) atoms. The molecule has 1 saturated heterocycles. The Labute approximate surface area is 182 Å². The Morgan fingerprint density at radius 2 is 2.00 bits per heavy atom. The first kappa shape index (κ1) is 22.9. The Morgan fingerprint density at radius 1 is 1.25 bits per heavy atom. The zero-order valence-corrected chi connectivity index (χ0v) is 18.3. The van der Waals surface area contributed by atoms with Crippen molar-refractivity contribution in [1.29, 1.82) is 0 Å². The zero-order chi connectivity index (χ0) is 18.1. The van der Waals surface area contributed by atoms with Crippen molar-refractivity contribution in [2.24, 2.45) is 17.6 Å². The van der Waals surface area contributed by atoms with Crippen LogP contribution in [0.4, 0.5) is 0 Å². The minimum atomic E-state index is 0. The predicted octanol–water partition coefficient (Wildman–Crippen LogP) is 3.79. The summed E-state index contributed by atoms with van der Waals surface area (Å²) in [6.07, 6.45) is 2.64. The Hall–Kier alpha value is -1.34. The number of benzene rings is 1. The van der Waals surface area contributed by atoms with Crippen LogP contribution in [0, 0.1) is 11.8 Å². The number of thiazole rings is 1. The highest BCUT2D eigenvalue weighted by Crippen LogP contribution is 2.37. The van der Waals surface area contributed by atoms with Crippen LogP contribution in [0.15, 0.2) is 29.6 Å². The van der Waals surface area contributed by atoms with Crippen LogP contribution in [0.25, 0.3) is 10.6 Å². The number of hydrogen-bond acceptors (Lipinski definition) is 5. The number of nitrogens with zero attached hydrogens (tertiary/aromatic N) is 2. The van der Waals surface area contributed by atoms with Gasteiger partial charge in [0.1, 0.15) is 10.8 Å². The van der Waals surface area contributed by atoms with Crippen molar-refractivity contribution in [3.63, 3.8) is 0 Å². The first-order valence-electron chi connectivity index (χ1n) is 9.35. The first-order chi connectivity index (χ1) is 12.6. The zero-order valence-electron chi connectivity index (χ0n) is 15.9. The normalized spacial score (nSPS) is 22.9. The molecule has 2 N–H and O–H groups in total. The molecule has 5 nitrogen and oxygen atoms in total. The molecule has 2 heterocycles. The van der Waals surface area contributed by atoms with E-state index < -0.39 is 0 Å². The summed E-state index contributed by atoms with van der Waals surface area (Å²) in [5, 5.41) is 2.93. The number of hydrogen-bond donors (Lipinski definition) is 1. The SMILES string of the molecule is CCOc1ccc(-c2nc(CC(=O)N3CC4CCC(N)C4C3)cs2)cc1.Cl.Cl. The Kier molecular flexibility index (Phi) is 8.13. The van der Waals surface area contributed by atoms with Crippen molar-refractivity contribution in [1.82, 2.24) is 9.88 Å². The average Bonchev–Trinajstić information content (AvgIpc) is 3.34. The van der Waals surface area contributed by atoms with E-state index in [9.17, 15) is 4.79 Å². The summed E-state index contributed by atoms with van der Waals surface area (Å²) in [4.78, 5) is 19.3. The summed E-state index contributed by atoms with van der Waals surface area (Å²) in [6.45, 7) is 4.32. The minimum absolute atomic E-state index is 0. The van der Waals surface area contributed by atoms with Crippen LogP contribution in [0.5, 0.6) is 5.75 Å². The summed E-state index contributed by atoms with van der Waals surface area (Å²) in [6, 6.07) is 8.20. The smallest absolute Gasteiger partial charge is 0.228 e. The summed E-state index contributed by atoms with van der Waals surface area (Å²) < 4.78 is 5.47. The number of rotatable bonds is 5. The molecule has 2 fully saturated rings. The van der Waals surface area contributed by atoms with E-state index in [0.29, 0.717) is 24.9 Å². The molecule has 1 saturated carbocycles. The van der Waals surface area contributed by atoms with Crippen LogP contribution in [0.1, 0.15) is 25.5 Å². The van der Waals surface area contributed by atoms with Gasteiger partial charge in [-0.25, -0.2) is 4.98 Å². The van der Waals surface area contributed by atoms with Gasteiger partial charge in [0.15, 0.2) is 0 Å². The van der Waals surface area contributed by atoms with Gasteiger partial charge < -0.3 is 15.4 Å². The van der Waals surface area contributed by atoms with E-state index >= 15 is 0 Å². The van der Waals surface area contributed by atoms with Crippen molar-refractivity contribution in [3.8, 4) is 16.3 Å². The van der Waals surface area contributed by atoms with E-state index in [0.717, 1.165) is 47.9 Å². The maximum atomic E-state index is 12.6. The fourth-order valence-electron chi connectivity index (χ4n) is 4.16. The van der Waals surface area contributed by atoms with E-state index in [1.807, 2.05) is 41.5 Å². The second-order valence-electron chi connectivity index (χ2n) is 7.24. The predicted molar refractivity (Wildman–Crippen MR) is 118 cm³/mol. The van der Waals surface area contributed by atoms with Crippen molar-refractivity contribution < 1.29 is 9.53 Å². The fraction of sp³-hybridized carbons (Fsp3) is 0.500. The van der Waals surface area contributed by atoms with Gasteiger partial charge in [0, 0.05) is 30.1 Å². The molecule has 1 aliphatic carbocycles. The number of carbonyl (C=O) groups excluding carboxylic acids is 1. The molecule has 8 heteroatoms. The highest BCUT2D eigenvalue weighted by Gasteiger charge is 2.42. The van der Waals surface area contributed by atoms with Gasteiger partial charge in [-0.1, -0.05) is 0 Å². The number of likely N-dealkylation sites (tertiary alicyclic amines) is 1. The number of halogens is 2. The molecule has 1 aliphatic heterocycles. The molecule has 4 rings (SSSR count). The highest BCUT2D eigenvalue weighted by molar-refractivity contribution is 7.13. The summed E-state index contributed by atoms with van der Waals surface area (Å²) in [5.41, 5.74) is 8.08. The molecule has 0 spiro atoms. The van der Waals surface area contributed by atoms with Gasteiger partial charge in [0.05, 0.1) is 18.7 Å². The van der Waals surface area contributed by atoms with Crippen LogP contribution in [0.2, 0.25) is 0 Å². The third kappa shape index (κ3) is 4.79. The summed E-state index contributed by atoms with van der Waals surface area (Å²) >= 11 is 1.58. The van der Waals surface area contributed by atoms with Gasteiger partial charge in [-0.05, 0) is 55.9 Å². The van der Waals surface area contributed by atoms with Gasteiger partial charge in [-0.2, -0.15) is 0 Å². The number of fused-ring (bicyclic) bond motifs is 1. The monoisotopic (exact) mass is 443 g/mol. The number of ether oxygens (including phenoxy) is 1. The second-order valence-corrected chi connectivity index (χ2v) is 8.10. The average molecular weight is 444 g/mol. The molecular formula is C20H27Cl2N3O2S. The lowest BCUT2D eigenvalue weighted by molar-refractivity contribution is -0.129. The molecule has 3 unspecified atom stereocenters. The maximum Gasteiger partial charge on any atom is 0.228 e. The molecule has 0 radical (unpaired) electrons. The van der Waals surface area contributed by atoms with Crippen LogP contribution >= 0.6 is 36.2 Å². The van der Waals surface area contributed by atoms with E-state index in [1.54, 1.807) is 11.3 Å². The Morgan fingerprint density at radius 3 is 2.68 bits per heavy atom. The molecule has 0 bridgehead atoms. The number of aromatic nitrogens is 1. The second kappa shape index (κ2) is 9.92. The summed E-state index contributed by atoms with van der Waals surface area (Å²) in [7, 11) is 0. The largest absolute Gasteiger partial charge is 0.494 e. The van der Waals surface area contributed by atoms with Crippen LogP contribution in [-0.4, -0.2) is 41.5 Å². The Balaban J connectivity index is 0.00000140. The van der Waals surface area contributed by atoms with Crippen molar-refractivity contribution in [2.45, 2.75) is 32.2 Å². The molecule has 1 aromatic heterocycles. The molecule has 2 aromatic rings. The standard InChI is InChI=1S/C20H25N3O2S.2ClH/c1-2-25-16-6-3-13(4-7-16)20-22-15(12-26-20)9-19(24)23-10-14-5-8-18(21)17(14)11-23;;/h3-4,6-7,12,14,17-18H,2,5,8-11,21H2,1H3;2*1H. The topological polar surface area (TPSA) is 68.5 Å². The lowest BCUT2D eigenvalue weighted by atomic mass is 9.98. The highest BCUT2D eigenvalue weighted by atomic mass is 35.5. The summed E-state index contributed by atoms with van der Waals surface area (Å²) in [5.74, 6) is 2.13. The van der Waals surface area contributed by atoms with Gasteiger partial charge in [-0.3, -0.25) is 4.79 Å². The lowest BCUT2D eigenvalue weighted by Crippen LogP contribution is -2.34. The molecule has 1 amide bonds. The van der Waals surface area contributed by atoms with E-state index in [4.69, 9.17) is 10.5 Å². The molecule has 1 aromatic carbocycles. The number of carbonyl (C=O) groups is 1. The minimum Gasteiger partial charge on any atom is -0.494 e. The lowest BCUT2D eigenvalue weighted by Gasteiger charge is -2.18. The van der Waals surface area contributed by atoms with Crippen LogP contribution < -0.4 is 10.5 Å². The van der Waals surface area contributed by atoms with Crippen molar-refractivity contribution >= 4 is 42.1 Å². The first-order valence-corrected chi connectivity index (χ1v) is 10.2. The maximum absolute atomic E-state index is 12.6. The molecular weight excluding hydrogens is 417 g/mol. The van der Waals surface area contributed by atoms with E-state index in [-0.39, 0.29) is 36.8 Å². The van der Waals surface area contributed by atoms with Crippen molar-refractivity contribution in [3.05, 3.63) is 35.3 Å². The molecule has 3 atom stereocenters. The third-order valence-electron chi connectivity index (χ3n) is 5.56. The molecule has 2 aliphatic rings. The van der Waals surface area contributed by atoms with Crippen LogP contribution in [-0.2, 0) is 11.2 Å². The van der Waals surface area contributed by atoms with E-state index in [2.05, 4.69) is 4.98 Å². The third-order valence-corrected chi connectivity index (χ3v) is 6.50. The van der Waals surface area contributed by atoms with Gasteiger partial charge in [0.2, 0.25) is 5.91 Å². The quantitative estimate of drug-likeness (QED) is 0.762. The number of nitrogens with two attached hydrogens (primary N) is 1. The van der Waals surface area contributed by atoms with Crippen LogP contribution in [0.3, 0.4) is 0 Å². The van der Waals surface area contributed by atoms with Gasteiger partial charge in [0.25, 0.3) is 0 Å². The Bertz CT molecular complexity index is 784. The fourth-order valence-corrected chi connectivity index (χ4v) is 4.98. The van der Waals surface area contributed by atoms with Gasteiger partial charge in [-0.15, -0.1) is 36.2 Å². The van der Waals surface area contributed by atoms with Crippen molar-refractivity contribution in [2.75, 3.05) is 19.7 Å². The number of amides is 1. The molecule has 154 valence electrons.